The molecule has 1 aromatic carbocycles. The summed E-state index contributed by atoms with van der Waals surface area (Å²) in [6.45, 7) is 3.63. The quantitative estimate of drug-likeness (QED) is 0.867. The second-order valence-corrected chi connectivity index (χ2v) is 4.87. The van der Waals surface area contributed by atoms with Crippen LogP contribution in [0.25, 0.3) is 0 Å². The SMILES string of the molecule is Cc1ccc(NC(=O)O[C@H]2CCCNC2)cc1Cl. The van der Waals surface area contributed by atoms with Gasteiger partial charge in [0.15, 0.2) is 0 Å². The summed E-state index contributed by atoms with van der Waals surface area (Å²) in [5, 5.41) is 6.51. The molecule has 0 aliphatic carbocycles. The first-order valence-corrected chi connectivity index (χ1v) is 6.47. The first kappa shape index (κ1) is 13.2. The van der Waals surface area contributed by atoms with Crippen LogP contribution in [0.5, 0.6) is 0 Å². The Morgan fingerprint density at radius 2 is 2.39 bits per heavy atom. The Morgan fingerprint density at radius 3 is 3.06 bits per heavy atom. The third-order valence-electron chi connectivity index (χ3n) is 2.94. The number of amides is 1. The first-order chi connectivity index (χ1) is 8.65. The molecule has 4 nitrogen and oxygen atoms in total. The van der Waals surface area contributed by atoms with Gasteiger partial charge in [-0.2, -0.15) is 0 Å². The van der Waals surface area contributed by atoms with E-state index in [0.29, 0.717) is 10.7 Å². The van der Waals surface area contributed by atoms with Gasteiger partial charge in [0.1, 0.15) is 6.10 Å². The number of nitrogens with one attached hydrogen (secondary N) is 2. The Morgan fingerprint density at radius 1 is 1.56 bits per heavy atom. The highest BCUT2D eigenvalue weighted by atomic mass is 35.5. The van der Waals surface area contributed by atoms with Crippen LogP contribution in [0.3, 0.4) is 0 Å². The highest BCUT2D eigenvalue weighted by Crippen LogP contribution is 2.20. The standard InChI is InChI=1S/C13H17ClN2O2/c1-9-4-5-10(7-12(9)14)16-13(17)18-11-3-2-6-15-8-11/h4-5,7,11,15H,2-3,6,8H2,1H3,(H,16,17)/t11-/m0/s1. The van der Waals surface area contributed by atoms with Crippen LogP contribution >= 0.6 is 11.6 Å². The normalized spacial score (nSPS) is 19.3. The molecule has 5 heteroatoms. The molecule has 1 atom stereocenters. The lowest BCUT2D eigenvalue weighted by Gasteiger charge is -2.22. The lowest BCUT2D eigenvalue weighted by Crippen LogP contribution is -2.37. The zero-order valence-electron chi connectivity index (χ0n) is 10.3. The summed E-state index contributed by atoms with van der Waals surface area (Å²) in [6, 6.07) is 5.39. The van der Waals surface area contributed by atoms with Gasteiger partial charge < -0.3 is 10.1 Å². The summed E-state index contributed by atoms with van der Waals surface area (Å²) in [4.78, 5) is 11.7. The third kappa shape index (κ3) is 3.62. The number of anilines is 1. The molecule has 1 amide bonds. The van der Waals surface area contributed by atoms with Crippen LogP contribution in [0.1, 0.15) is 18.4 Å². The number of piperidine rings is 1. The van der Waals surface area contributed by atoms with Gasteiger partial charge in [0.2, 0.25) is 0 Å². The maximum absolute atomic E-state index is 11.7. The maximum atomic E-state index is 11.7. The predicted octanol–water partition coefficient (Wildman–Crippen LogP) is 2.95. The molecule has 98 valence electrons. The van der Waals surface area contributed by atoms with E-state index < -0.39 is 6.09 Å². The Balaban J connectivity index is 1.88. The van der Waals surface area contributed by atoms with Crippen LogP contribution in [-0.4, -0.2) is 25.3 Å². The number of ether oxygens (including phenoxy) is 1. The summed E-state index contributed by atoms with van der Waals surface area (Å²) in [5.41, 5.74) is 1.63. The summed E-state index contributed by atoms with van der Waals surface area (Å²) in [5.74, 6) is 0. The molecule has 1 fully saturated rings. The zero-order chi connectivity index (χ0) is 13.0. The monoisotopic (exact) mass is 268 g/mol. The van der Waals surface area contributed by atoms with Crippen molar-refractivity contribution in [3.63, 3.8) is 0 Å². The van der Waals surface area contributed by atoms with Crippen molar-refractivity contribution in [1.82, 2.24) is 5.32 Å². The molecule has 1 aromatic rings. The number of carbonyl (C=O) groups excluding carboxylic acids is 1. The number of hydrogen-bond acceptors (Lipinski definition) is 3. The average molecular weight is 269 g/mol. The molecule has 1 aliphatic rings. The number of rotatable bonds is 2. The molecular weight excluding hydrogens is 252 g/mol. The van der Waals surface area contributed by atoms with Crippen molar-refractivity contribution in [3.05, 3.63) is 28.8 Å². The van der Waals surface area contributed by atoms with Crippen molar-refractivity contribution in [2.75, 3.05) is 18.4 Å². The van der Waals surface area contributed by atoms with Crippen LogP contribution in [0, 0.1) is 6.92 Å². The molecule has 2 rings (SSSR count). The van der Waals surface area contributed by atoms with Gasteiger partial charge in [-0.05, 0) is 44.0 Å². The Kier molecular flexibility index (Phi) is 4.44. The minimum atomic E-state index is -0.427. The molecule has 1 heterocycles. The van der Waals surface area contributed by atoms with E-state index in [0.717, 1.165) is 31.5 Å². The lowest BCUT2D eigenvalue weighted by atomic mass is 10.1. The van der Waals surface area contributed by atoms with Crippen LogP contribution in [0.4, 0.5) is 10.5 Å². The molecule has 0 unspecified atom stereocenters. The molecule has 18 heavy (non-hydrogen) atoms. The van der Waals surface area contributed by atoms with Crippen LogP contribution in [-0.2, 0) is 4.74 Å². The van der Waals surface area contributed by atoms with Gasteiger partial charge in [-0.3, -0.25) is 5.32 Å². The van der Waals surface area contributed by atoms with Gasteiger partial charge in [-0.1, -0.05) is 17.7 Å². The van der Waals surface area contributed by atoms with Crippen LogP contribution in [0.15, 0.2) is 18.2 Å². The number of aryl methyl sites for hydroxylation is 1. The van der Waals surface area contributed by atoms with Gasteiger partial charge in [0.25, 0.3) is 0 Å². The van der Waals surface area contributed by atoms with Crippen molar-refractivity contribution < 1.29 is 9.53 Å². The van der Waals surface area contributed by atoms with E-state index in [-0.39, 0.29) is 6.10 Å². The second-order valence-electron chi connectivity index (χ2n) is 4.46. The van der Waals surface area contributed by atoms with Gasteiger partial charge >= 0.3 is 6.09 Å². The molecule has 0 spiro atoms. The van der Waals surface area contributed by atoms with Gasteiger partial charge in [0, 0.05) is 17.3 Å². The minimum absolute atomic E-state index is 0.0420. The lowest BCUT2D eigenvalue weighted by molar-refractivity contribution is 0.0941. The molecular formula is C13H17ClN2O2. The molecule has 0 saturated carbocycles. The van der Waals surface area contributed by atoms with Crippen LogP contribution < -0.4 is 10.6 Å². The maximum Gasteiger partial charge on any atom is 0.411 e. The Labute approximate surface area is 112 Å². The Hall–Kier alpha value is -1.26. The zero-order valence-corrected chi connectivity index (χ0v) is 11.1. The fourth-order valence-corrected chi connectivity index (χ4v) is 2.07. The number of carbonyl (C=O) groups is 1. The topological polar surface area (TPSA) is 50.4 Å². The molecule has 0 bridgehead atoms. The van der Waals surface area contributed by atoms with Gasteiger partial charge in [-0.25, -0.2) is 4.79 Å². The second kappa shape index (κ2) is 6.07. The smallest absolute Gasteiger partial charge is 0.411 e. The average Bonchev–Trinajstić information content (AvgIpc) is 2.35. The molecule has 0 radical (unpaired) electrons. The van der Waals surface area contributed by atoms with E-state index in [1.165, 1.54) is 0 Å². The highest BCUT2D eigenvalue weighted by molar-refractivity contribution is 6.31. The third-order valence-corrected chi connectivity index (χ3v) is 3.35. The molecule has 1 aliphatic heterocycles. The van der Waals surface area contributed by atoms with Crippen molar-refractivity contribution in [2.24, 2.45) is 0 Å². The summed E-state index contributed by atoms with van der Waals surface area (Å²) >= 11 is 5.99. The van der Waals surface area contributed by atoms with E-state index >= 15 is 0 Å². The van der Waals surface area contributed by atoms with Gasteiger partial charge in [-0.15, -0.1) is 0 Å². The largest absolute Gasteiger partial charge is 0.445 e. The van der Waals surface area contributed by atoms with Crippen molar-refractivity contribution in [3.8, 4) is 0 Å². The Bertz CT molecular complexity index is 431. The van der Waals surface area contributed by atoms with E-state index in [9.17, 15) is 4.79 Å². The fourth-order valence-electron chi connectivity index (χ4n) is 1.89. The molecule has 0 aromatic heterocycles. The van der Waals surface area contributed by atoms with Crippen molar-refractivity contribution >= 4 is 23.4 Å². The summed E-state index contributed by atoms with van der Waals surface area (Å²) in [6.07, 6.45) is 1.48. The van der Waals surface area contributed by atoms with E-state index in [1.807, 2.05) is 19.1 Å². The highest BCUT2D eigenvalue weighted by Gasteiger charge is 2.17. The van der Waals surface area contributed by atoms with E-state index in [1.54, 1.807) is 6.07 Å². The van der Waals surface area contributed by atoms with Crippen molar-refractivity contribution in [2.45, 2.75) is 25.9 Å². The van der Waals surface area contributed by atoms with Crippen LogP contribution in [0.2, 0.25) is 5.02 Å². The van der Waals surface area contributed by atoms with Gasteiger partial charge in [0.05, 0.1) is 0 Å². The number of benzene rings is 1. The van der Waals surface area contributed by atoms with E-state index in [2.05, 4.69) is 10.6 Å². The first-order valence-electron chi connectivity index (χ1n) is 6.09. The minimum Gasteiger partial charge on any atom is -0.445 e. The predicted molar refractivity (Wildman–Crippen MR) is 72.2 cm³/mol. The van der Waals surface area contributed by atoms with E-state index in [4.69, 9.17) is 16.3 Å². The summed E-state index contributed by atoms with van der Waals surface area (Å²) in [7, 11) is 0. The molecule has 1 saturated heterocycles. The van der Waals surface area contributed by atoms with Crippen molar-refractivity contribution in [1.29, 1.82) is 0 Å². The number of halogens is 1. The fraction of sp³-hybridized carbons (Fsp3) is 0.462. The number of hydrogen-bond donors (Lipinski definition) is 2. The summed E-state index contributed by atoms with van der Waals surface area (Å²) < 4.78 is 5.31. The molecule has 2 N–H and O–H groups in total.